The van der Waals surface area contributed by atoms with Crippen molar-refractivity contribution in [3.63, 3.8) is 0 Å². The van der Waals surface area contributed by atoms with Crippen LogP contribution in [0.5, 0.6) is 11.6 Å². The highest BCUT2D eigenvalue weighted by Gasteiger charge is 2.25. The minimum atomic E-state index is -0.623. The number of ketones is 1. The van der Waals surface area contributed by atoms with Gasteiger partial charge in [0.2, 0.25) is 5.88 Å². The molecule has 1 aromatic heterocycles. The molecule has 35 heavy (non-hydrogen) atoms. The average molecular weight is 473 g/mol. The maximum atomic E-state index is 13.4. The van der Waals surface area contributed by atoms with E-state index in [-0.39, 0.29) is 23.2 Å². The molecule has 0 spiro atoms. The molecule has 0 unspecified atom stereocenters. The molecule has 3 aromatic rings. The number of aromatic hydroxyl groups is 1. The van der Waals surface area contributed by atoms with E-state index in [0.717, 1.165) is 28.5 Å². The molecule has 182 valence electrons. The lowest BCUT2D eigenvalue weighted by molar-refractivity contribution is 0.103. The Labute approximate surface area is 206 Å². The van der Waals surface area contributed by atoms with E-state index in [9.17, 15) is 20.0 Å². The van der Waals surface area contributed by atoms with Crippen molar-refractivity contribution >= 4 is 5.78 Å². The monoisotopic (exact) mass is 472 g/mol. The molecule has 0 aliphatic heterocycles. The molecule has 0 atom stereocenters. The minimum absolute atomic E-state index is 0.0437. The number of nitriles is 1. The van der Waals surface area contributed by atoms with Crippen molar-refractivity contribution in [1.29, 1.82) is 5.26 Å². The smallest absolute Gasteiger partial charge is 0.271 e. The van der Waals surface area contributed by atoms with Crippen LogP contribution in [0.4, 0.5) is 0 Å². The summed E-state index contributed by atoms with van der Waals surface area (Å²) in [6.07, 6.45) is 5.74. The third-order valence-corrected chi connectivity index (χ3v) is 6.12. The van der Waals surface area contributed by atoms with Crippen LogP contribution in [0.3, 0.4) is 0 Å². The van der Waals surface area contributed by atoms with Crippen LogP contribution < -0.4 is 10.3 Å². The Balaban J connectivity index is 1.85. The predicted molar refractivity (Wildman–Crippen MR) is 136 cm³/mol. The Morgan fingerprint density at radius 1 is 1.00 bits per heavy atom. The highest BCUT2D eigenvalue weighted by molar-refractivity contribution is 6.11. The van der Waals surface area contributed by atoms with Gasteiger partial charge in [-0.05, 0) is 55.7 Å². The average Bonchev–Trinajstić information content (AvgIpc) is 2.85. The lowest BCUT2D eigenvalue weighted by Crippen LogP contribution is -2.27. The third kappa shape index (κ3) is 6.19. The van der Waals surface area contributed by atoms with Gasteiger partial charge >= 0.3 is 0 Å². The van der Waals surface area contributed by atoms with Crippen molar-refractivity contribution in [2.45, 2.75) is 59.4 Å². The number of aromatic nitrogens is 1. The number of pyridine rings is 1. The summed E-state index contributed by atoms with van der Waals surface area (Å²) in [5, 5.41) is 20.6. The molecule has 0 aliphatic rings. The summed E-state index contributed by atoms with van der Waals surface area (Å²) >= 11 is 0. The van der Waals surface area contributed by atoms with Crippen molar-refractivity contribution in [2.24, 2.45) is 0 Å². The second-order valence-corrected chi connectivity index (χ2v) is 8.80. The SMILES string of the molecule is CCCCCCCOc1ccc(C(=O)c2c(C)c(C#N)c(=O)n(Cc3ccc(C)cc3)c2O)cc1. The zero-order valence-electron chi connectivity index (χ0n) is 20.6. The van der Waals surface area contributed by atoms with Gasteiger partial charge < -0.3 is 9.84 Å². The summed E-state index contributed by atoms with van der Waals surface area (Å²) in [4.78, 5) is 26.3. The molecular formula is C29H32N2O4. The van der Waals surface area contributed by atoms with Crippen molar-refractivity contribution in [1.82, 2.24) is 4.57 Å². The number of ether oxygens (including phenoxy) is 1. The van der Waals surface area contributed by atoms with Gasteiger partial charge in [-0.2, -0.15) is 5.26 Å². The largest absolute Gasteiger partial charge is 0.494 e. The lowest BCUT2D eigenvalue weighted by Gasteiger charge is -2.16. The Morgan fingerprint density at radius 3 is 2.29 bits per heavy atom. The second kappa shape index (κ2) is 12.0. The van der Waals surface area contributed by atoms with Crippen molar-refractivity contribution < 1.29 is 14.6 Å². The summed E-state index contributed by atoms with van der Waals surface area (Å²) in [6, 6.07) is 16.1. The van der Waals surface area contributed by atoms with Crippen LogP contribution in [-0.2, 0) is 6.54 Å². The molecule has 1 N–H and O–H groups in total. The zero-order valence-corrected chi connectivity index (χ0v) is 20.6. The first kappa shape index (κ1) is 25.8. The van der Waals surface area contributed by atoms with Gasteiger partial charge in [-0.3, -0.25) is 14.2 Å². The first-order valence-electron chi connectivity index (χ1n) is 12.1. The van der Waals surface area contributed by atoms with Crippen LogP contribution in [0.25, 0.3) is 0 Å². The van der Waals surface area contributed by atoms with E-state index in [4.69, 9.17) is 4.74 Å². The molecule has 0 fully saturated rings. The van der Waals surface area contributed by atoms with E-state index < -0.39 is 17.2 Å². The topological polar surface area (TPSA) is 92.3 Å². The number of benzene rings is 2. The highest BCUT2D eigenvalue weighted by atomic mass is 16.5. The van der Waals surface area contributed by atoms with Crippen LogP contribution >= 0.6 is 0 Å². The second-order valence-electron chi connectivity index (χ2n) is 8.80. The molecule has 0 aliphatic carbocycles. The molecule has 0 bridgehead atoms. The molecule has 6 nitrogen and oxygen atoms in total. The number of carbonyl (C=O) groups is 1. The van der Waals surface area contributed by atoms with Gasteiger partial charge in [-0.1, -0.05) is 62.4 Å². The van der Waals surface area contributed by atoms with Crippen LogP contribution in [-0.4, -0.2) is 22.1 Å². The van der Waals surface area contributed by atoms with Crippen LogP contribution in [0.15, 0.2) is 53.3 Å². The van der Waals surface area contributed by atoms with E-state index in [1.807, 2.05) is 37.3 Å². The number of carbonyl (C=O) groups excluding carboxylic acids is 1. The zero-order chi connectivity index (χ0) is 25.4. The van der Waals surface area contributed by atoms with Gasteiger partial charge in [-0.15, -0.1) is 0 Å². The molecule has 2 aromatic carbocycles. The predicted octanol–water partition coefficient (Wildman–Crippen LogP) is 5.67. The number of hydrogen-bond donors (Lipinski definition) is 1. The summed E-state index contributed by atoms with van der Waals surface area (Å²) < 4.78 is 6.85. The van der Waals surface area contributed by atoms with Gasteiger partial charge in [0.05, 0.1) is 18.7 Å². The molecule has 0 saturated carbocycles. The van der Waals surface area contributed by atoms with E-state index in [0.29, 0.717) is 17.9 Å². The summed E-state index contributed by atoms with van der Waals surface area (Å²) in [7, 11) is 0. The summed E-state index contributed by atoms with van der Waals surface area (Å²) in [6.45, 7) is 6.31. The van der Waals surface area contributed by atoms with Crippen molar-refractivity contribution in [2.75, 3.05) is 6.61 Å². The summed E-state index contributed by atoms with van der Waals surface area (Å²) in [5.41, 5.74) is 1.53. The maximum Gasteiger partial charge on any atom is 0.271 e. The summed E-state index contributed by atoms with van der Waals surface area (Å²) in [5.74, 6) is -0.232. The Bertz CT molecular complexity index is 1270. The highest BCUT2D eigenvalue weighted by Crippen LogP contribution is 2.26. The molecule has 0 saturated heterocycles. The molecule has 3 rings (SSSR count). The van der Waals surface area contributed by atoms with Gasteiger partial charge in [-0.25, -0.2) is 0 Å². The van der Waals surface area contributed by atoms with Gasteiger partial charge in [0.25, 0.3) is 5.56 Å². The normalized spacial score (nSPS) is 10.7. The van der Waals surface area contributed by atoms with E-state index >= 15 is 0 Å². The molecule has 6 heteroatoms. The standard InChI is InChI=1S/C29H32N2O4/c1-4-5-6-7-8-17-35-24-15-13-23(14-16-24)27(32)26-21(3)25(18-30)28(33)31(29(26)34)19-22-11-9-20(2)10-12-22/h9-16,34H,4-8,17,19H2,1-3H3. The molecule has 0 amide bonds. The van der Waals surface area contributed by atoms with Crippen LogP contribution in [0.1, 0.15) is 77.2 Å². The van der Waals surface area contributed by atoms with E-state index in [1.165, 1.54) is 26.2 Å². The van der Waals surface area contributed by atoms with E-state index in [1.54, 1.807) is 24.3 Å². The number of aryl methyl sites for hydroxylation is 1. The van der Waals surface area contributed by atoms with Gasteiger partial charge in [0, 0.05) is 5.56 Å². The fraction of sp³-hybridized carbons (Fsp3) is 0.345. The number of rotatable bonds is 11. The fourth-order valence-electron chi connectivity index (χ4n) is 3.99. The molecule has 0 radical (unpaired) electrons. The Morgan fingerprint density at radius 2 is 1.66 bits per heavy atom. The van der Waals surface area contributed by atoms with Crippen molar-refractivity contribution in [3.05, 3.63) is 92.3 Å². The first-order chi connectivity index (χ1) is 16.9. The number of unbranched alkanes of at least 4 members (excludes halogenated alkanes) is 4. The van der Waals surface area contributed by atoms with Gasteiger partial charge in [0.1, 0.15) is 17.4 Å². The van der Waals surface area contributed by atoms with Gasteiger partial charge in [0.15, 0.2) is 5.78 Å². The van der Waals surface area contributed by atoms with Crippen LogP contribution in [0, 0.1) is 25.2 Å². The van der Waals surface area contributed by atoms with Crippen molar-refractivity contribution in [3.8, 4) is 17.7 Å². The number of hydrogen-bond acceptors (Lipinski definition) is 5. The van der Waals surface area contributed by atoms with Crippen LogP contribution in [0.2, 0.25) is 0 Å². The Kier molecular flexibility index (Phi) is 8.86. The molecular weight excluding hydrogens is 440 g/mol. The first-order valence-corrected chi connectivity index (χ1v) is 12.1. The maximum absolute atomic E-state index is 13.4. The van der Waals surface area contributed by atoms with E-state index in [2.05, 4.69) is 6.92 Å². The third-order valence-electron chi connectivity index (χ3n) is 6.12. The Hall–Kier alpha value is -3.85. The quantitative estimate of drug-likeness (QED) is 0.287. The lowest BCUT2D eigenvalue weighted by atomic mass is 9.97. The molecule has 1 heterocycles. The minimum Gasteiger partial charge on any atom is -0.494 e. The number of nitrogens with zero attached hydrogens (tertiary/aromatic N) is 2. The fourth-order valence-corrected chi connectivity index (χ4v) is 3.99.